The number of hydrogen-bond acceptors (Lipinski definition) is 3. The molecule has 24 heavy (non-hydrogen) atoms. The first-order valence-electron chi connectivity index (χ1n) is 8.38. The standard InChI is InChI=1S/C20H24N2O2/c1-2-3-6-15-19(17-11-7-4-8-12-17)21-22-20(23)16-24-18-13-9-5-10-14-18/h4-5,7-14H,2-3,6,15-16H2,1H3,(H,22,23). The molecule has 0 aliphatic heterocycles. The Bertz CT molecular complexity index is 639. The summed E-state index contributed by atoms with van der Waals surface area (Å²) in [5.74, 6) is 0.408. The minimum atomic E-state index is -0.261. The lowest BCUT2D eigenvalue weighted by atomic mass is 10.0. The van der Waals surface area contributed by atoms with E-state index in [1.807, 2.05) is 60.7 Å². The Morgan fingerprint density at radius 1 is 1.00 bits per heavy atom. The highest BCUT2D eigenvalue weighted by atomic mass is 16.5. The van der Waals surface area contributed by atoms with Crippen LogP contribution in [0, 0.1) is 0 Å². The van der Waals surface area contributed by atoms with Gasteiger partial charge in [0.2, 0.25) is 0 Å². The second-order valence-electron chi connectivity index (χ2n) is 5.52. The lowest BCUT2D eigenvalue weighted by molar-refractivity contribution is -0.123. The molecule has 0 spiro atoms. The molecule has 0 fully saturated rings. The summed E-state index contributed by atoms with van der Waals surface area (Å²) in [6.07, 6.45) is 4.20. The van der Waals surface area contributed by atoms with Gasteiger partial charge in [0.05, 0.1) is 5.71 Å². The van der Waals surface area contributed by atoms with Crippen LogP contribution in [0.25, 0.3) is 0 Å². The summed E-state index contributed by atoms with van der Waals surface area (Å²) in [5, 5.41) is 4.32. The average Bonchev–Trinajstić information content (AvgIpc) is 2.64. The van der Waals surface area contributed by atoms with Gasteiger partial charge in [0.1, 0.15) is 5.75 Å². The fraction of sp³-hybridized carbons (Fsp3) is 0.300. The van der Waals surface area contributed by atoms with Gasteiger partial charge >= 0.3 is 0 Å². The third kappa shape index (κ3) is 6.24. The normalized spacial score (nSPS) is 11.1. The molecular formula is C20H24N2O2. The van der Waals surface area contributed by atoms with E-state index >= 15 is 0 Å². The molecule has 0 unspecified atom stereocenters. The van der Waals surface area contributed by atoms with Crippen LogP contribution in [0.1, 0.15) is 38.2 Å². The first kappa shape index (κ1) is 17.7. The molecule has 0 heterocycles. The summed E-state index contributed by atoms with van der Waals surface area (Å²) < 4.78 is 5.42. The van der Waals surface area contributed by atoms with E-state index in [4.69, 9.17) is 4.74 Å². The molecule has 2 rings (SSSR count). The summed E-state index contributed by atoms with van der Waals surface area (Å²) >= 11 is 0. The van der Waals surface area contributed by atoms with Gasteiger partial charge in [-0.3, -0.25) is 4.79 Å². The smallest absolute Gasteiger partial charge is 0.277 e. The minimum Gasteiger partial charge on any atom is -0.484 e. The van der Waals surface area contributed by atoms with Crippen molar-refractivity contribution in [3.05, 3.63) is 66.2 Å². The van der Waals surface area contributed by atoms with E-state index in [9.17, 15) is 4.79 Å². The molecule has 0 atom stereocenters. The Labute approximate surface area is 143 Å². The zero-order chi connectivity index (χ0) is 17.0. The highest BCUT2D eigenvalue weighted by molar-refractivity contribution is 6.01. The first-order valence-corrected chi connectivity index (χ1v) is 8.38. The molecule has 0 bridgehead atoms. The predicted octanol–water partition coefficient (Wildman–Crippen LogP) is 4.17. The summed E-state index contributed by atoms with van der Waals surface area (Å²) in [5.41, 5.74) is 4.54. The number of para-hydroxylation sites is 1. The van der Waals surface area contributed by atoms with E-state index in [-0.39, 0.29) is 12.5 Å². The zero-order valence-corrected chi connectivity index (χ0v) is 14.1. The minimum absolute atomic E-state index is 0.0510. The number of benzene rings is 2. The molecule has 1 amide bonds. The second-order valence-corrected chi connectivity index (χ2v) is 5.52. The van der Waals surface area contributed by atoms with Crippen LogP contribution in [0.2, 0.25) is 0 Å². The van der Waals surface area contributed by atoms with Crippen molar-refractivity contribution in [2.45, 2.75) is 32.6 Å². The van der Waals surface area contributed by atoms with Crippen molar-refractivity contribution in [2.75, 3.05) is 6.61 Å². The third-order valence-electron chi connectivity index (χ3n) is 3.55. The average molecular weight is 324 g/mol. The maximum absolute atomic E-state index is 11.9. The maximum Gasteiger partial charge on any atom is 0.277 e. The SMILES string of the molecule is CCCCCC(=NNC(=O)COc1ccccc1)c1ccccc1. The molecule has 4 nitrogen and oxygen atoms in total. The highest BCUT2D eigenvalue weighted by Gasteiger charge is 2.06. The number of unbranched alkanes of at least 4 members (excludes halogenated alkanes) is 2. The van der Waals surface area contributed by atoms with Crippen LogP contribution in [0.15, 0.2) is 65.8 Å². The molecule has 0 saturated carbocycles. The Morgan fingerprint density at radius 2 is 1.67 bits per heavy atom. The number of amides is 1. The van der Waals surface area contributed by atoms with E-state index in [1.54, 1.807) is 0 Å². The Morgan fingerprint density at radius 3 is 2.33 bits per heavy atom. The summed E-state index contributed by atoms with van der Waals surface area (Å²) in [4.78, 5) is 11.9. The van der Waals surface area contributed by atoms with Crippen LogP contribution >= 0.6 is 0 Å². The number of nitrogens with zero attached hydrogens (tertiary/aromatic N) is 1. The molecule has 1 N–H and O–H groups in total. The monoisotopic (exact) mass is 324 g/mol. The number of hydrazone groups is 1. The molecule has 0 aliphatic rings. The Hall–Kier alpha value is -2.62. The van der Waals surface area contributed by atoms with Gasteiger partial charge in [-0.15, -0.1) is 0 Å². The van der Waals surface area contributed by atoms with Crippen molar-refractivity contribution in [1.82, 2.24) is 5.43 Å². The van der Waals surface area contributed by atoms with Crippen LogP contribution in [0.4, 0.5) is 0 Å². The van der Waals surface area contributed by atoms with Crippen molar-refractivity contribution in [3.63, 3.8) is 0 Å². The van der Waals surface area contributed by atoms with Gasteiger partial charge in [0.25, 0.3) is 5.91 Å². The van der Waals surface area contributed by atoms with Gasteiger partial charge in [0, 0.05) is 0 Å². The predicted molar refractivity (Wildman–Crippen MR) is 97.2 cm³/mol. The third-order valence-corrected chi connectivity index (χ3v) is 3.55. The van der Waals surface area contributed by atoms with Gasteiger partial charge in [0.15, 0.2) is 6.61 Å². The molecule has 0 saturated heterocycles. The van der Waals surface area contributed by atoms with E-state index in [2.05, 4.69) is 17.5 Å². The second kappa shape index (κ2) is 10.2. The molecule has 2 aromatic rings. The Balaban J connectivity index is 1.92. The van der Waals surface area contributed by atoms with Crippen LogP contribution in [-0.4, -0.2) is 18.2 Å². The molecule has 0 aromatic heterocycles. The Kier molecular flexibility index (Phi) is 7.54. The van der Waals surface area contributed by atoms with Crippen molar-refractivity contribution in [3.8, 4) is 5.75 Å². The largest absolute Gasteiger partial charge is 0.484 e. The van der Waals surface area contributed by atoms with Gasteiger partial charge in [-0.25, -0.2) is 5.43 Å². The molecular weight excluding hydrogens is 300 g/mol. The van der Waals surface area contributed by atoms with Crippen molar-refractivity contribution in [2.24, 2.45) is 5.10 Å². The molecule has 0 radical (unpaired) electrons. The molecule has 0 aliphatic carbocycles. The summed E-state index contributed by atoms with van der Waals surface area (Å²) in [7, 11) is 0. The van der Waals surface area contributed by atoms with Crippen molar-refractivity contribution in [1.29, 1.82) is 0 Å². The lowest BCUT2D eigenvalue weighted by Crippen LogP contribution is -2.26. The van der Waals surface area contributed by atoms with Crippen LogP contribution in [0.5, 0.6) is 5.75 Å². The van der Waals surface area contributed by atoms with Crippen LogP contribution < -0.4 is 10.2 Å². The van der Waals surface area contributed by atoms with Crippen molar-refractivity contribution >= 4 is 11.6 Å². The summed E-state index contributed by atoms with van der Waals surface area (Å²) in [6, 6.07) is 19.2. The number of ether oxygens (including phenoxy) is 1. The number of rotatable bonds is 9. The number of carbonyl (C=O) groups is 1. The molecule has 4 heteroatoms. The summed E-state index contributed by atoms with van der Waals surface area (Å²) in [6.45, 7) is 2.12. The van der Waals surface area contributed by atoms with Gasteiger partial charge < -0.3 is 4.74 Å². The fourth-order valence-electron chi connectivity index (χ4n) is 2.27. The van der Waals surface area contributed by atoms with Crippen LogP contribution in [-0.2, 0) is 4.79 Å². The molecule has 126 valence electrons. The zero-order valence-electron chi connectivity index (χ0n) is 14.1. The number of carbonyl (C=O) groups excluding carboxylic acids is 1. The van der Waals surface area contributed by atoms with E-state index in [0.29, 0.717) is 5.75 Å². The first-order chi connectivity index (χ1) is 11.8. The van der Waals surface area contributed by atoms with E-state index < -0.39 is 0 Å². The fourth-order valence-corrected chi connectivity index (χ4v) is 2.27. The lowest BCUT2D eigenvalue weighted by Gasteiger charge is -2.08. The van der Waals surface area contributed by atoms with E-state index in [0.717, 1.165) is 37.0 Å². The van der Waals surface area contributed by atoms with Crippen molar-refractivity contribution < 1.29 is 9.53 Å². The van der Waals surface area contributed by atoms with E-state index in [1.165, 1.54) is 0 Å². The van der Waals surface area contributed by atoms with Gasteiger partial charge in [-0.2, -0.15) is 5.10 Å². The van der Waals surface area contributed by atoms with Gasteiger partial charge in [-0.05, 0) is 30.5 Å². The highest BCUT2D eigenvalue weighted by Crippen LogP contribution is 2.09. The quantitative estimate of drug-likeness (QED) is 0.428. The molecule has 2 aromatic carbocycles. The topological polar surface area (TPSA) is 50.7 Å². The van der Waals surface area contributed by atoms with Crippen LogP contribution in [0.3, 0.4) is 0 Å². The number of hydrogen-bond donors (Lipinski definition) is 1. The number of nitrogens with one attached hydrogen (secondary N) is 1. The maximum atomic E-state index is 11.9. The van der Waals surface area contributed by atoms with Gasteiger partial charge in [-0.1, -0.05) is 68.3 Å².